The number of carbonyl (C=O) groups is 1. The lowest BCUT2D eigenvalue weighted by Gasteiger charge is -2.36. The van der Waals surface area contributed by atoms with Crippen LogP contribution in [0.5, 0.6) is 5.75 Å². The molecule has 0 spiro atoms. The van der Waals surface area contributed by atoms with E-state index in [9.17, 15) is 13.6 Å². The summed E-state index contributed by atoms with van der Waals surface area (Å²) < 4.78 is 45.3. The highest BCUT2D eigenvalue weighted by molar-refractivity contribution is 5.96. The topological polar surface area (TPSA) is 51.2 Å². The van der Waals surface area contributed by atoms with Crippen LogP contribution in [0.4, 0.5) is 8.78 Å². The Morgan fingerprint density at radius 2 is 1.85 bits per heavy atom. The number of Topliss-reactive ketones (excluding diaryl/α,β-unsaturated/α-hetero) is 1. The van der Waals surface area contributed by atoms with Gasteiger partial charge in [-0.05, 0) is 37.0 Å². The number of hydrogen-bond acceptors (Lipinski definition) is 6. The Morgan fingerprint density at radius 3 is 2.47 bits per heavy atom. The third-order valence-electron chi connectivity index (χ3n) is 6.09. The van der Waals surface area contributed by atoms with Gasteiger partial charge in [-0.15, -0.1) is 0 Å². The summed E-state index contributed by atoms with van der Waals surface area (Å²) in [5.74, 6) is -0.962. The second kappa shape index (κ2) is 11.3. The number of allylic oxidation sites excluding steroid dienone is 4. The molecule has 2 aliphatic heterocycles. The number of rotatable bonds is 9. The van der Waals surface area contributed by atoms with E-state index >= 15 is 0 Å². The molecule has 0 aromatic heterocycles. The summed E-state index contributed by atoms with van der Waals surface area (Å²) in [7, 11) is 0. The summed E-state index contributed by atoms with van der Waals surface area (Å²) >= 11 is 0. The van der Waals surface area contributed by atoms with E-state index in [-0.39, 0.29) is 24.4 Å². The van der Waals surface area contributed by atoms with Crippen molar-refractivity contribution in [1.82, 2.24) is 9.80 Å². The first-order chi connectivity index (χ1) is 16.5. The zero-order valence-corrected chi connectivity index (χ0v) is 19.4. The lowest BCUT2D eigenvalue weighted by atomic mass is 10.0. The normalized spacial score (nSPS) is 18.4. The van der Waals surface area contributed by atoms with E-state index in [2.05, 4.69) is 15.9 Å². The van der Waals surface area contributed by atoms with Crippen LogP contribution in [0.15, 0.2) is 60.1 Å². The second-order valence-electron chi connectivity index (χ2n) is 8.41. The van der Waals surface area contributed by atoms with Gasteiger partial charge in [-0.2, -0.15) is 0 Å². The van der Waals surface area contributed by atoms with Gasteiger partial charge in [0.2, 0.25) is 5.88 Å². The number of ketones is 1. The molecule has 0 atom stereocenters. The molecule has 1 fully saturated rings. The van der Waals surface area contributed by atoms with Crippen molar-refractivity contribution in [2.45, 2.75) is 32.6 Å². The van der Waals surface area contributed by atoms with Gasteiger partial charge in [-0.3, -0.25) is 9.69 Å². The van der Waals surface area contributed by atoms with Gasteiger partial charge in [0, 0.05) is 44.7 Å². The highest BCUT2D eigenvalue weighted by Crippen LogP contribution is 2.27. The molecule has 0 bridgehead atoms. The average molecular weight is 473 g/mol. The summed E-state index contributed by atoms with van der Waals surface area (Å²) in [5, 5.41) is 0. The Kier molecular flexibility index (Phi) is 8.00. The van der Waals surface area contributed by atoms with Crippen LogP contribution < -0.4 is 4.74 Å². The van der Waals surface area contributed by atoms with Crippen LogP contribution in [-0.4, -0.2) is 54.9 Å². The lowest BCUT2D eigenvalue weighted by molar-refractivity contribution is 0.0821. The molecule has 0 radical (unpaired) electrons. The first-order valence-electron chi connectivity index (χ1n) is 11.8. The van der Waals surface area contributed by atoms with Crippen molar-refractivity contribution in [2.75, 3.05) is 39.3 Å². The van der Waals surface area contributed by atoms with E-state index in [0.717, 1.165) is 69.0 Å². The van der Waals surface area contributed by atoms with Gasteiger partial charge in [0.25, 0.3) is 0 Å². The molecule has 0 N–H and O–H groups in total. The summed E-state index contributed by atoms with van der Waals surface area (Å²) in [6.45, 7) is 5.85. The molecule has 1 aromatic carbocycles. The molecule has 0 saturated carbocycles. The predicted molar refractivity (Wildman–Crippen MR) is 124 cm³/mol. The maximum atomic E-state index is 14.2. The van der Waals surface area contributed by atoms with E-state index in [1.165, 1.54) is 0 Å². The largest absolute Gasteiger partial charge is 0.488 e. The molecule has 8 heteroatoms. The fourth-order valence-electron chi connectivity index (χ4n) is 4.11. The fraction of sp³-hybridized carbons (Fsp3) is 0.423. The van der Waals surface area contributed by atoms with Crippen LogP contribution in [0.25, 0.3) is 0 Å². The van der Waals surface area contributed by atoms with Crippen LogP contribution >= 0.6 is 0 Å². The smallest absolute Gasteiger partial charge is 0.231 e. The number of carbonyl (C=O) groups excluding carboxylic acids is 1. The zero-order valence-electron chi connectivity index (χ0n) is 19.4. The molecule has 4 rings (SSSR count). The van der Waals surface area contributed by atoms with Crippen molar-refractivity contribution in [3.05, 3.63) is 77.3 Å². The third kappa shape index (κ3) is 5.86. The van der Waals surface area contributed by atoms with Crippen molar-refractivity contribution >= 4 is 5.78 Å². The standard InChI is InChI=1S/C26H30F2N2O4/c1-2-23(31)20-15-21(27)26(22(28)16-20)32-14-6-9-29-10-12-30(13-11-29)25-18-33-24(17-34-25)19-7-4-3-5-8-19/h3-4,7,15-18H,2,5-6,8-14H2,1H3. The SMILES string of the molecule is CCC(=O)c1cc(F)c(OCCCN2CCN(C3=COC(C4=CC=CCC4)=CO3)CC2)c(F)c1. The van der Waals surface area contributed by atoms with Crippen molar-refractivity contribution in [1.29, 1.82) is 0 Å². The number of piperazine rings is 1. The highest BCUT2D eigenvalue weighted by atomic mass is 19.1. The summed E-state index contributed by atoms with van der Waals surface area (Å²) in [5.41, 5.74) is 1.16. The zero-order chi connectivity index (χ0) is 23.9. The van der Waals surface area contributed by atoms with Gasteiger partial charge >= 0.3 is 0 Å². The van der Waals surface area contributed by atoms with Gasteiger partial charge in [0.15, 0.2) is 35.2 Å². The number of halogens is 2. The van der Waals surface area contributed by atoms with Gasteiger partial charge in [-0.25, -0.2) is 8.78 Å². The minimum absolute atomic E-state index is 0.0279. The monoisotopic (exact) mass is 472 g/mol. The van der Waals surface area contributed by atoms with Crippen molar-refractivity contribution < 1.29 is 27.8 Å². The van der Waals surface area contributed by atoms with E-state index in [1.54, 1.807) is 19.4 Å². The van der Waals surface area contributed by atoms with E-state index in [1.807, 2.05) is 12.2 Å². The molecule has 0 unspecified atom stereocenters. The number of ether oxygens (including phenoxy) is 3. The molecular weight excluding hydrogens is 442 g/mol. The first-order valence-corrected chi connectivity index (χ1v) is 11.8. The predicted octanol–water partition coefficient (Wildman–Crippen LogP) is 4.91. The quantitative estimate of drug-likeness (QED) is 0.376. The third-order valence-corrected chi connectivity index (χ3v) is 6.09. The number of hydrogen-bond donors (Lipinski definition) is 0. The molecule has 1 aromatic rings. The van der Waals surface area contributed by atoms with Crippen LogP contribution in [0.3, 0.4) is 0 Å². The molecule has 1 saturated heterocycles. The van der Waals surface area contributed by atoms with Gasteiger partial charge in [0.1, 0.15) is 6.26 Å². The van der Waals surface area contributed by atoms with Crippen molar-refractivity contribution in [3.8, 4) is 5.75 Å². The van der Waals surface area contributed by atoms with Crippen molar-refractivity contribution in [2.24, 2.45) is 0 Å². The number of benzene rings is 1. The Bertz CT molecular complexity index is 1000. The van der Waals surface area contributed by atoms with Gasteiger partial charge in [0.05, 0.1) is 6.61 Å². The highest BCUT2D eigenvalue weighted by Gasteiger charge is 2.23. The molecule has 182 valence electrons. The molecule has 3 aliphatic rings. The summed E-state index contributed by atoms with van der Waals surface area (Å²) in [4.78, 5) is 16.1. The Labute approximate surface area is 198 Å². The Morgan fingerprint density at radius 1 is 1.09 bits per heavy atom. The summed E-state index contributed by atoms with van der Waals surface area (Å²) in [6, 6.07) is 2.08. The molecular formula is C26H30F2N2O4. The molecule has 34 heavy (non-hydrogen) atoms. The van der Waals surface area contributed by atoms with Crippen LogP contribution in [0.1, 0.15) is 43.0 Å². The molecule has 0 amide bonds. The van der Waals surface area contributed by atoms with Crippen LogP contribution in [0, 0.1) is 11.6 Å². The maximum Gasteiger partial charge on any atom is 0.231 e. The lowest BCUT2D eigenvalue weighted by Crippen LogP contribution is -2.46. The fourth-order valence-corrected chi connectivity index (χ4v) is 4.11. The maximum absolute atomic E-state index is 14.2. The van der Waals surface area contributed by atoms with E-state index in [4.69, 9.17) is 14.2 Å². The van der Waals surface area contributed by atoms with E-state index in [0.29, 0.717) is 12.3 Å². The molecule has 1 aliphatic carbocycles. The summed E-state index contributed by atoms with van der Waals surface area (Å²) in [6.07, 6.45) is 12.3. The Hall–Kier alpha value is -3.13. The Balaban J connectivity index is 1.17. The molecule has 6 nitrogen and oxygen atoms in total. The van der Waals surface area contributed by atoms with Crippen molar-refractivity contribution in [3.63, 3.8) is 0 Å². The first kappa shape index (κ1) is 24.0. The minimum Gasteiger partial charge on any atom is -0.488 e. The van der Waals surface area contributed by atoms with Crippen LogP contribution in [0.2, 0.25) is 0 Å². The van der Waals surface area contributed by atoms with E-state index < -0.39 is 17.4 Å². The van der Waals surface area contributed by atoms with Gasteiger partial charge in [-0.1, -0.05) is 25.2 Å². The van der Waals surface area contributed by atoms with Gasteiger partial charge < -0.3 is 19.1 Å². The average Bonchev–Trinajstić information content (AvgIpc) is 2.88. The van der Waals surface area contributed by atoms with Crippen LogP contribution in [-0.2, 0) is 9.47 Å². The second-order valence-corrected chi connectivity index (χ2v) is 8.41. The number of nitrogens with zero attached hydrogens (tertiary/aromatic N) is 2. The minimum atomic E-state index is -0.846. The molecule has 2 heterocycles.